The number of fused-ring (bicyclic) bond motifs is 1. The molecule has 3 aromatic rings. The molecule has 4 aliphatic rings. The predicted octanol–water partition coefficient (Wildman–Crippen LogP) is 1.57. The topological polar surface area (TPSA) is 226 Å². The molecule has 5 N–H and O–H groups in total. The van der Waals surface area contributed by atoms with Gasteiger partial charge in [0.2, 0.25) is 17.6 Å². The van der Waals surface area contributed by atoms with Gasteiger partial charge in [-0.25, -0.2) is 9.78 Å². The number of aromatic nitrogens is 4. The fourth-order valence-corrected chi connectivity index (χ4v) is 8.90. The summed E-state index contributed by atoms with van der Waals surface area (Å²) >= 11 is 3.72. The number of nitrogen functional groups attached to an aromatic ring is 1. The van der Waals surface area contributed by atoms with Crippen molar-refractivity contribution in [2.45, 2.75) is 69.6 Å². The standard InChI is InChI=1S/C33H34N10O7S3/c1-17-38-39-33(53-17)36-23(44)14-41-9-6-18(7-10-41)13-42-11-8-19(28(42)46)12-20-15-51-30-25(29(47)43(30)26(20)31(48)49)37-27(45)24(22-16-52-32(34)35-22)40-50-21-4-2-3-5-21/h6-7,9-10,12,16,21,25,30H,2-5,8,11,13-15H2,1H3,(H4-,34,35,36,37,39,44,45,48,49)/p+1/b19-12?,40-24-/t25-,30-/m1/s1. The van der Waals surface area contributed by atoms with E-state index in [4.69, 9.17) is 10.6 Å². The molecule has 17 nitrogen and oxygen atoms in total. The molecule has 1 saturated carbocycles. The zero-order chi connectivity index (χ0) is 37.2. The largest absolute Gasteiger partial charge is 0.477 e. The van der Waals surface area contributed by atoms with Crippen molar-refractivity contribution in [1.29, 1.82) is 0 Å². The summed E-state index contributed by atoms with van der Waals surface area (Å²) in [6.45, 7) is 2.64. The Balaban J connectivity index is 0.986. The average Bonchev–Trinajstić information content (AvgIpc) is 3.96. The molecule has 0 aromatic carbocycles. The van der Waals surface area contributed by atoms with Crippen LogP contribution in [0.4, 0.5) is 10.3 Å². The highest BCUT2D eigenvalue weighted by Crippen LogP contribution is 2.41. The number of thiazole rings is 1. The van der Waals surface area contributed by atoms with Gasteiger partial charge in [0.15, 0.2) is 23.2 Å². The molecule has 7 rings (SSSR count). The SMILES string of the molecule is Cc1nnc(NC(=O)C[n+]2ccc(CN3CCC(=CC4=C(C(=O)O)N5C(=O)[C@@H](NC(=O)/C(=N\OC6CCCC6)c6csc(N)n6)[C@H]5SC4)C3=O)cc2)s1. The Morgan fingerprint density at radius 2 is 1.96 bits per heavy atom. The minimum atomic E-state index is -1.31. The smallest absolute Gasteiger partial charge is 0.352 e. The Bertz CT molecular complexity index is 2050. The van der Waals surface area contributed by atoms with Crippen LogP contribution in [0, 0.1) is 6.92 Å². The van der Waals surface area contributed by atoms with E-state index in [0.717, 1.165) is 52.5 Å². The van der Waals surface area contributed by atoms with Gasteiger partial charge in [-0.05, 0) is 56.2 Å². The number of nitrogens with two attached hydrogens (primary N) is 1. The van der Waals surface area contributed by atoms with E-state index in [1.54, 1.807) is 40.2 Å². The molecule has 4 amide bonds. The Kier molecular flexibility index (Phi) is 10.5. The molecule has 20 heteroatoms. The van der Waals surface area contributed by atoms with Crippen molar-refractivity contribution in [3.8, 4) is 0 Å². The van der Waals surface area contributed by atoms with Gasteiger partial charge < -0.3 is 25.9 Å². The molecule has 2 saturated heterocycles. The van der Waals surface area contributed by atoms with E-state index in [9.17, 15) is 29.1 Å². The normalized spacial score (nSPS) is 21.2. The van der Waals surface area contributed by atoms with Crippen LogP contribution in [0.5, 0.6) is 0 Å². The van der Waals surface area contributed by atoms with Gasteiger partial charge in [-0.15, -0.1) is 33.3 Å². The molecule has 0 unspecified atom stereocenters. The maximum Gasteiger partial charge on any atom is 0.352 e. The zero-order valence-corrected chi connectivity index (χ0v) is 30.8. The summed E-state index contributed by atoms with van der Waals surface area (Å²) in [7, 11) is 0. The Labute approximate surface area is 315 Å². The van der Waals surface area contributed by atoms with Crippen LogP contribution in [0.3, 0.4) is 0 Å². The van der Waals surface area contributed by atoms with Crippen LogP contribution in [-0.4, -0.2) is 95.2 Å². The van der Waals surface area contributed by atoms with Crippen molar-refractivity contribution in [2.75, 3.05) is 23.3 Å². The number of nitrogens with zero attached hydrogens (tertiary/aromatic N) is 7. The minimum Gasteiger partial charge on any atom is -0.477 e. The molecule has 0 spiro atoms. The number of amides is 4. The van der Waals surface area contributed by atoms with Crippen molar-refractivity contribution < 1.29 is 38.5 Å². The first-order chi connectivity index (χ1) is 25.5. The third-order valence-electron chi connectivity index (χ3n) is 9.06. The lowest BCUT2D eigenvalue weighted by molar-refractivity contribution is -0.684. The highest BCUT2D eigenvalue weighted by Gasteiger charge is 2.54. The molecular weight excluding hydrogens is 745 g/mol. The number of oxime groups is 1. The van der Waals surface area contributed by atoms with E-state index in [-0.39, 0.29) is 52.5 Å². The summed E-state index contributed by atoms with van der Waals surface area (Å²) in [5.41, 5.74) is 7.32. The highest BCUT2D eigenvalue weighted by molar-refractivity contribution is 8.00. The van der Waals surface area contributed by atoms with E-state index < -0.39 is 29.2 Å². The molecule has 276 valence electrons. The molecule has 53 heavy (non-hydrogen) atoms. The van der Waals surface area contributed by atoms with Crippen LogP contribution < -0.4 is 20.9 Å². The number of hydrogen-bond acceptors (Lipinski definition) is 14. The van der Waals surface area contributed by atoms with Gasteiger partial charge in [-0.2, -0.15) is 4.57 Å². The quantitative estimate of drug-likeness (QED) is 0.0676. The van der Waals surface area contributed by atoms with Crippen molar-refractivity contribution in [3.63, 3.8) is 0 Å². The number of rotatable bonds is 12. The molecule has 3 fully saturated rings. The number of carboxylic acids is 1. The number of carbonyl (C=O) groups is 5. The van der Waals surface area contributed by atoms with Crippen LogP contribution in [0.15, 0.2) is 58.0 Å². The van der Waals surface area contributed by atoms with Crippen molar-refractivity contribution in [3.05, 3.63) is 69.1 Å². The number of likely N-dealkylation sites (tertiary alicyclic amines) is 1. The first kappa shape index (κ1) is 36.2. The number of anilines is 2. The molecule has 3 aliphatic heterocycles. The lowest BCUT2D eigenvalue weighted by Crippen LogP contribution is -2.71. The van der Waals surface area contributed by atoms with Gasteiger partial charge in [-0.3, -0.25) is 29.4 Å². The third kappa shape index (κ3) is 7.93. The monoisotopic (exact) mass is 779 g/mol. The van der Waals surface area contributed by atoms with Crippen molar-refractivity contribution >= 4 is 80.0 Å². The fourth-order valence-electron chi connectivity index (χ4n) is 6.44. The predicted molar refractivity (Wildman–Crippen MR) is 194 cm³/mol. The molecule has 0 bridgehead atoms. The summed E-state index contributed by atoms with van der Waals surface area (Å²) in [4.78, 5) is 77.8. The van der Waals surface area contributed by atoms with Crippen molar-refractivity contribution in [2.24, 2.45) is 5.16 Å². The molecule has 0 radical (unpaired) electrons. The van der Waals surface area contributed by atoms with E-state index >= 15 is 0 Å². The van der Waals surface area contributed by atoms with Crippen LogP contribution in [-0.2, 0) is 41.9 Å². The van der Waals surface area contributed by atoms with Gasteiger partial charge in [0.05, 0.1) is 0 Å². The van der Waals surface area contributed by atoms with Crippen LogP contribution in [0.2, 0.25) is 0 Å². The van der Waals surface area contributed by atoms with Crippen LogP contribution in [0.1, 0.15) is 48.4 Å². The maximum atomic E-state index is 13.4. The van der Waals surface area contributed by atoms with Crippen LogP contribution in [0.25, 0.3) is 0 Å². The summed E-state index contributed by atoms with van der Waals surface area (Å²) in [5, 5.41) is 29.8. The first-order valence-corrected chi connectivity index (χ1v) is 19.5. The van der Waals surface area contributed by atoms with Crippen molar-refractivity contribution in [1.82, 2.24) is 30.3 Å². The summed E-state index contributed by atoms with van der Waals surface area (Å²) in [6.07, 6.45) is 9.02. The van der Waals surface area contributed by atoms with Gasteiger partial charge in [0, 0.05) is 41.9 Å². The van der Waals surface area contributed by atoms with E-state index in [1.165, 1.54) is 23.1 Å². The molecule has 1 aliphatic carbocycles. The number of aryl methyl sites for hydroxylation is 1. The summed E-state index contributed by atoms with van der Waals surface area (Å²) < 4.78 is 1.71. The number of thioether (sulfide) groups is 1. The van der Waals surface area contributed by atoms with Crippen LogP contribution >= 0.6 is 34.4 Å². The second-order valence-corrected chi connectivity index (χ2v) is 15.9. The maximum absolute atomic E-state index is 13.4. The lowest BCUT2D eigenvalue weighted by atomic mass is 10.0. The Morgan fingerprint density at radius 1 is 1.19 bits per heavy atom. The Hall–Kier alpha value is -5.21. The second kappa shape index (κ2) is 15.4. The van der Waals surface area contributed by atoms with E-state index in [0.29, 0.717) is 35.8 Å². The summed E-state index contributed by atoms with van der Waals surface area (Å²) in [6, 6.07) is 2.65. The van der Waals surface area contributed by atoms with Gasteiger partial charge in [0.25, 0.3) is 17.7 Å². The summed E-state index contributed by atoms with van der Waals surface area (Å²) in [5.74, 6) is -2.85. The number of pyridine rings is 1. The van der Waals surface area contributed by atoms with E-state index in [2.05, 4.69) is 31.0 Å². The fraction of sp³-hybridized carbons (Fsp3) is 0.394. The van der Waals surface area contributed by atoms with E-state index in [1.807, 2.05) is 12.1 Å². The lowest BCUT2D eigenvalue weighted by Gasteiger charge is -2.49. The molecule has 3 aromatic heterocycles. The highest BCUT2D eigenvalue weighted by atomic mass is 32.2. The molecule has 6 heterocycles. The molecule has 2 atom stereocenters. The second-order valence-electron chi connectivity index (χ2n) is 12.8. The van der Waals surface area contributed by atoms with Gasteiger partial charge in [0.1, 0.15) is 33.9 Å². The van der Waals surface area contributed by atoms with Gasteiger partial charge in [-0.1, -0.05) is 16.5 Å². The number of carbonyl (C=O) groups excluding carboxylic acids is 4. The number of nitrogens with one attached hydrogen (secondary N) is 2. The zero-order valence-electron chi connectivity index (χ0n) is 28.4. The average molecular weight is 780 g/mol. The first-order valence-electron chi connectivity index (χ1n) is 16.8. The number of carboxylic acid groups (broad SMARTS) is 1. The Morgan fingerprint density at radius 3 is 2.64 bits per heavy atom. The minimum absolute atomic E-state index is 0.0771. The number of β-lactam (4-membered cyclic amide) rings is 1. The number of allylic oxidation sites excluding steroid dienone is 1. The number of aliphatic carboxylic acids is 1. The van der Waals surface area contributed by atoms with Gasteiger partial charge >= 0.3 is 5.97 Å². The third-order valence-corrected chi connectivity index (χ3v) is 11.8. The molecular formula is C33H35N10O7S3+. The number of hydrogen-bond donors (Lipinski definition) is 4.